The maximum Gasteiger partial charge on any atom is 0.131 e. The van der Waals surface area contributed by atoms with Crippen molar-refractivity contribution in [2.24, 2.45) is 0 Å². The molecule has 0 aliphatic carbocycles. The van der Waals surface area contributed by atoms with Crippen LogP contribution in [0.5, 0.6) is 5.75 Å². The van der Waals surface area contributed by atoms with Gasteiger partial charge in [0.1, 0.15) is 11.6 Å². The molecule has 1 aliphatic rings. The van der Waals surface area contributed by atoms with Crippen LogP contribution >= 0.6 is 0 Å². The molecule has 136 valence electrons. The highest BCUT2D eigenvalue weighted by molar-refractivity contribution is 5.29. The normalized spacial score (nSPS) is 19.2. The van der Waals surface area contributed by atoms with E-state index < -0.39 is 0 Å². The molecule has 1 aliphatic heterocycles. The first-order valence-corrected chi connectivity index (χ1v) is 8.60. The number of ether oxygens (including phenoxy) is 1. The Kier molecular flexibility index (Phi) is 6.07. The van der Waals surface area contributed by atoms with Crippen LogP contribution in [0.2, 0.25) is 0 Å². The fourth-order valence-corrected chi connectivity index (χ4v) is 3.37. The van der Waals surface area contributed by atoms with Crippen molar-refractivity contribution in [1.29, 1.82) is 0 Å². The van der Waals surface area contributed by atoms with Gasteiger partial charge in [-0.1, -0.05) is 6.07 Å². The van der Waals surface area contributed by atoms with Crippen molar-refractivity contribution in [2.45, 2.75) is 25.6 Å². The minimum Gasteiger partial charge on any atom is -0.497 e. The Hall–Kier alpha value is -1.89. The van der Waals surface area contributed by atoms with Crippen molar-refractivity contribution >= 4 is 0 Å². The Morgan fingerprint density at radius 3 is 2.84 bits per heavy atom. The number of rotatable bonds is 7. The van der Waals surface area contributed by atoms with Crippen molar-refractivity contribution < 1.29 is 18.7 Å². The second-order valence-corrected chi connectivity index (χ2v) is 6.46. The number of methoxy groups -OCH3 is 1. The van der Waals surface area contributed by atoms with Gasteiger partial charge in [0, 0.05) is 62.6 Å². The molecule has 1 atom stereocenters. The molecule has 1 N–H and O–H groups in total. The average Bonchev–Trinajstić information content (AvgIpc) is 3.12. The summed E-state index contributed by atoms with van der Waals surface area (Å²) in [6.07, 6.45) is 4.13. The van der Waals surface area contributed by atoms with E-state index in [1.165, 1.54) is 13.2 Å². The first-order chi connectivity index (χ1) is 12.2. The van der Waals surface area contributed by atoms with E-state index in [1.54, 1.807) is 24.7 Å². The molecule has 0 radical (unpaired) electrons. The summed E-state index contributed by atoms with van der Waals surface area (Å²) in [7, 11) is 1.53. The van der Waals surface area contributed by atoms with Crippen LogP contribution in [0, 0.1) is 5.82 Å². The summed E-state index contributed by atoms with van der Waals surface area (Å²) < 4.78 is 24.5. The smallest absolute Gasteiger partial charge is 0.131 e. The van der Waals surface area contributed by atoms with Gasteiger partial charge in [-0.2, -0.15) is 0 Å². The second-order valence-electron chi connectivity index (χ2n) is 6.46. The van der Waals surface area contributed by atoms with Crippen LogP contribution in [0.3, 0.4) is 0 Å². The number of nitrogens with zero attached hydrogens (tertiary/aromatic N) is 2. The Morgan fingerprint density at radius 2 is 2.16 bits per heavy atom. The molecule has 0 bridgehead atoms. The number of hydrogen-bond acceptors (Lipinski definition) is 5. The van der Waals surface area contributed by atoms with Crippen LogP contribution in [0.15, 0.2) is 41.2 Å². The van der Waals surface area contributed by atoms with Crippen LogP contribution in [-0.4, -0.2) is 54.3 Å². The van der Waals surface area contributed by atoms with E-state index in [0.29, 0.717) is 24.3 Å². The van der Waals surface area contributed by atoms with Gasteiger partial charge in [-0.25, -0.2) is 4.39 Å². The molecule has 1 aromatic heterocycles. The van der Waals surface area contributed by atoms with Crippen LogP contribution in [0.1, 0.15) is 17.5 Å². The van der Waals surface area contributed by atoms with Gasteiger partial charge in [0.05, 0.1) is 19.6 Å². The van der Waals surface area contributed by atoms with E-state index >= 15 is 0 Å². The first kappa shape index (κ1) is 17.9. The lowest BCUT2D eigenvalue weighted by Gasteiger charge is -2.41. The van der Waals surface area contributed by atoms with Crippen molar-refractivity contribution in [3.05, 3.63) is 53.7 Å². The molecule has 0 unspecified atom stereocenters. The lowest BCUT2D eigenvalue weighted by atomic mass is 10.1. The van der Waals surface area contributed by atoms with Crippen molar-refractivity contribution in [2.75, 3.05) is 33.4 Å². The molecule has 25 heavy (non-hydrogen) atoms. The van der Waals surface area contributed by atoms with Gasteiger partial charge in [-0.15, -0.1) is 0 Å². The lowest BCUT2D eigenvalue weighted by molar-refractivity contribution is 0.0492. The highest BCUT2D eigenvalue weighted by Crippen LogP contribution is 2.22. The predicted molar refractivity (Wildman–Crippen MR) is 92.8 cm³/mol. The number of halogens is 1. The molecule has 1 saturated heterocycles. The van der Waals surface area contributed by atoms with Gasteiger partial charge in [0.25, 0.3) is 0 Å². The molecule has 3 rings (SSSR count). The third-order valence-electron chi connectivity index (χ3n) is 4.77. The van der Waals surface area contributed by atoms with Crippen LogP contribution in [-0.2, 0) is 13.1 Å². The highest BCUT2D eigenvalue weighted by Gasteiger charge is 2.27. The number of hydrogen-bond donors (Lipinski definition) is 1. The van der Waals surface area contributed by atoms with Crippen molar-refractivity contribution in [3.8, 4) is 5.75 Å². The summed E-state index contributed by atoms with van der Waals surface area (Å²) in [6.45, 7) is 4.11. The molecule has 0 amide bonds. The summed E-state index contributed by atoms with van der Waals surface area (Å²) in [5.74, 6) is 0.279. The maximum atomic E-state index is 14.3. The monoisotopic (exact) mass is 348 g/mol. The number of aliphatic hydroxyl groups is 1. The fourth-order valence-electron chi connectivity index (χ4n) is 3.37. The van der Waals surface area contributed by atoms with E-state index in [-0.39, 0.29) is 18.5 Å². The van der Waals surface area contributed by atoms with Gasteiger partial charge < -0.3 is 14.3 Å². The zero-order chi connectivity index (χ0) is 17.6. The largest absolute Gasteiger partial charge is 0.497 e. The molecule has 5 nitrogen and oxygen atoms in total. The van der Waals surface area contributed by atoms with Crippen molar-refractivity contribution in [1.82, 2.24) is 9.80 Å². The zero-order valence-corrected chi connectivity index (χ0v) is 14.5. The molecular formula is C19H25FN2O3. The average molecular weight is 348 g/mol. The molecular weight excluding hydrogens is 323 g/mol. The molecule has 2 aromatic rings. The quantitative estimate of drug-likeness (QED) is 0.833. The molecule has 1 fully saturated rings. The van der Waals surface area contributed by atoms with Crippen LogP contribution in [0.25, 0.3) is 0 Å². The SMILES string of the molecule is COc1ccc(CN2CCN(Cc3ccoc3)C[C@@H]2CCO)c(F)c1. The first-order valence-electron chi connectivity index (χ1n) is 8.60. The lowest BCUT2D eigenvalue weighted by Crippen LogP contribution is -2.52. The fraction of sp³-hybridized carbons (Fsp3) is 0.474. The van der Waals surface area contributed by atoms with Crippen molar-refractivity contribution in [3.63, 3.8) is 0 Å². The Morgan fingerprint density at radius 1 is 1.28 bits per heavy atom. The number of piperazine rings is 1. The summed E-state index contributed by atoms with van der Waals surface area (Å²) in [4.78, 5) is 4.61. The third-order valence-corrected chi connectivity index (χ3v) is 4.77. The Labute approximate surface area is 147 Å². The highest BCUT2D eigenvalue weighted by atomic mass is 19.1. The minimum atomic E-state index is -0.247. The predicted octanol–water partition coefficient (Wildman–Crippen LogP) is 2.50. The summed E-state index contributed by atoms with van der Waals surface area (Å²) in [5.41, 5.74) is 1.81. The summed E-state index contributed by atoms with van der Waals surface area (Å²) in [6, 6.07) is 7.16. The standard InChI is InChI=1S/C19H25FN2O3/c1-24-18-3-2-16(19(20)10-18)12-22-7-6-21(13-17(22)4-8-23)11-15-5-9-25-14-15/h2-3,5,9-10,14,17,23H,4,6-8,11-13H2,1H3/t17-/m0/s1. The molecule has 0 spiro atoms. The van der Waals surface area contributed by atoms with E-state index in [1.807, 2.05) is 6.07 Å². The molecule has 6 heteroatoms. The van der Waals surface area contributed by atoms with Gasteiger partial charge in [-0.05, 0) is 18.6 Å². The van der Waals surface area contributed by atoms with E-state index in [2.05, 4.69) is 9.80 Å². The summed E-state index contributed by atoms with van der Waals surface area (Å²) >= 11 is 0. The minimum absolute atomic E-state index is 0.131. The van der Waals surface area contributed by atoms with Crippen LogP contribution < -0.4 is 4.74 Å². The maximum absolute atomic E-state index is 14.3. The molecule has 0 saturated carbocycles. The van der Waals surface area contributed by atoms with E-state index in [0.717, 1.165) is 31.7 Å². The summed E-state index contributed by atoms with van der Waals surface area (Å²) in [5, 5.41) is 9.42. The number of benzene rings is 1. The van der Waals surface area contributed by atoms with Gasteiger partial charge >= 0.3 is 0 Å². The van der Waals surface area contributed by atoms with E-state index in [9.17, 15) is 9.50 Å². The zero-order valence-electron chi connectivity index (χ0n) is 14.5. The third kappa shape index (κ3) is 4.60. The van der Waals surface area contributed by atoms with Gasteiger partial charge in [0.15, 0.2) is 0 Å². The molecule has 2 heterocycles. The molecule has 1 aromatic carbocycles. The number of furan rings is 1. The second kappa shape index (κ2) is 8.47. The Balaban J connectivity index is 1.64. The van der Waals surface area contributed by atoms with Gasteiger partial charge in [0.2, 0.25) is 0 Å². The van der Waals surface area contributed by atoms with E-state index in [4.69, 9.17) is 9.15 Å². The topological polar surface area (TPSA) is 49.1 Å². The number of aliphatic hydroxyl groups excluding tert-OH is 1. The van der Waals surface area contributed by atoms with Crippen LogP contribution in [0.4, 0.5) is 4.39 Å². The van der Waals surface area contributed by atoms with Gasteiger partial charge in [-0.3, -0.25) is 9.80 Å². The Bertz CT molecular complexity index is 663.